The van der Waals surface area contributed by atoms with Gasteiger partial charge in [0.15, 0.2) is 0 Å². The molecular formula is C21H40Cl2N2O. The number of likely N-dealkylation sites (N-methyl/N-ethyl adjacent to an activating group) is 1. The average molecular weight is 407 g/mol. The van der Waals surface area contributed by atoms with E-state index in [1.165, 1.54) is 37.7 Å². The Bertz CT molecular complexity index is 413. The van der Waals surface area contributed by atoms with Gasteiger partial charge in [0.2, 0.25) is 0 Å². The second kappa shape index (κ2) is 17.9. The summed E-state index contributed by atoms with van der Waals surface area (Å²) >= 11 is 0. The van der Waals surface area contributed by atoms with E-state index in [0.717, 1.165) is 38.3 Å². The van der Waals surface area contributed by atoms with Crippen molar-refractivity contribution in [3.05, 3.63) is 29.8 Å². The average Bonchev–Trinajstić information content (AvgIpc) is 2.57. The zero-order valence-corrected chi connectivity index (χ0v) is 18.8. The highest BCUT2D eigenvalue weighted by Gasteiger charge is 2.03. The largest absolute Gasteiger partial charge is 0.494 e. The van der Waals surface area contributed by atoms with Crippen LogP contribution >= 0.6 is 24.8 Å². The SMILES string of the molecule is CCCCCCCOc1ccc(CCC(C)NCCN(C)C)cc1.Cl.Cl. The van der Waals surface area contributed by atoms with Crippen molar-refractivity contribution in [2.75, 3.05) is 33.8 Å². The van der Waals surface area contributed by atoms with Gasteiger partial charge in [0.25, 0.3) is 0 Å². The molecule has 5 heteroatoms. The second-order valence-electron chi connectivity index (χ2n) is 7.10. The number of halogens is 2. The molecule has 1 aromatic carbocycles. The second-order valence-corrected chi connectivity index (χ2v) is 7.10. The number of nitrogens with one attached hydrogen (secondary N) is 1. The molecule has 0 bridgehead atoms. The molecule has 154 valence electrons. The van der Waals surface area contributed by atoms with E-state index in [1.807, 2.05) is 0 Å². The maximum absolute atomic E-state index is 5.83. The fourth-order valence-electron chi connectivity index (χ4n) is 2.67. The molecule has 1 aromatic rings. The van der Waals surface area contributed by atoms with Crippen molar-refractivity contribution >= 4 is 24.8 Å². The molecule has 0 saturated carbocycles. The smallest absolute Gasteiger partial charge is 0.119 e. The molecule has 0 amide bonds. The quantitative estimate of drug-likeness (QED) is 0.421. The van der Waals surface area contributed by atoms with Crippen molar-refractivity contribution in [2.45, 2.75) is 64.8 Å². The highest BCUT2D eigenvalue weighted by Crippen LogP contribution is 2.15. The topological polar surface area (TPSA) is 24.5 Å². The predicted molar refractivity (Wildman–Crippen MR) is 120 cm³/mol. The fraction of sp³-hybridized carbons (Fsp3) is 0.714. The highest BCUT2D eigenvalue weighted by molar-refractivity contribution is 5.85. The van der Waals surface area contributed by atoms with Crippen LogP contribution in [0.2, 0.25) is 0 Å². The Morgan fingerprint density at radius 3 is 2.27 bits per heavy atom. The van der Waals surface area contributed by atoms with Crippen molar-refractivity contribution in [3.8, 4) is 5.75 Å². The van der Waals surface area contributed by atoms with Gasteiger partial charge in [-0.15, -0.1) is 24.8 Å². The molecule has 0 fully saturated rings. The minimum absolute atomic E-state index is 0. The maximum Gasteiger partial charge on any atom is 0.119 e. The van der Waals surface area contributed by atoms with E-state index in [1.54, 1.807) is 0 Å². The van der Waals surface area contributed by atoms with Gasteiger partial charge in [0, 0.05) is 19.1 Å². The Morgan fingerprint density at radius 2 is 1.65 bits per heavy atom. The summed E-state index contributed by atoms with van der Waals surface area (Å²) in [7, 11) is 4.22. The van der Waals surface area contributed by atoms with Crippen LogP contribution in [0.25, 0.3) is 0 Å². The standard InChI is InChI=1S/C21H38N2O.2ClH/c1-5-6-7-8-9-18-24-21-14-12-20(13-15-21)11-10-19(2)22-16-17-23(3)4;;/h12-15,19,22H,5-11,16-18H2,1-4H3;2*1H. The van der Waals surface area contributed by atoms with Gasteiger partial charge in [0.1, 0.15) is 5.75 Å². The summed E-state index contributed by atoms with van der Waals surface area (Å²) in [4.78, 5) is 2.21. The molecule has 0 aromatic heterocycles. The van der Waals surface area contributed by atoms with Gasteiger partial charge < -0.3 is 15.0 Å². The van der Waals surface area contributed by atoms with E-state index < -0.39 is 0 Å². The number of ether oxygens (including phenoxy) is 1. The van der Waals surface area contributed by atoms with Crippen LogP contribution in [0.5, 0.6) is 5.75 Å². The van der Waals surface area contributed by atoms with Gasteiger partial charge in [0.05, 0.1) is 6.61 Å². The summed E-state index contributed by atoms with van der Waals surface area (Å²) in [5.41, 5.74) is 1.39. The lowest BCUT2D eigenvalue weighted by molar-refractivity contribution is 0.304. The van der Waals surface area contributed by atoms with Gasteiger partial charge in [-0.1, -0.05) is 44.7 Å². The Kier molecular flexibility index (Phi) is 19.1. The molecule has 0 radical (unpaired) electrons. The molecule has 1 unspecified atom stereocenters. The van der Waals surface area contributed by atoms with E-state index in [0.29, 0.717) is 6.04 Å². The molecule has 0 saturated heterocycles. The fourth-order valence-corrected chi connectivity index (χ4v) is 2.67. The van der Waals surface area contributed by atoms with Gasteiger partial charge in [-0.2, -0.15) is 0 Å². The Labute approximate surface area is 174 Å². The molecule has 0 spiro atoms. The van der Waals surface area contributed by atoms with Crippen LogP contribution in [0.4, 0.5) is 0 Å². The molecule has 26 heavy (non-hydrogen) atoms. The van der Waals surface area contributed by atoms with Crippen molar-refractivity contribution in [1.29, 1.82) is 0 Å². The number of hydrogen-bond acceptors (Lipinski definition) is 3. The summed E-state index contributed by atoms with van der Waals surface area (Å²) in [6.07, 6.45) is 8.71. The molecule has 1 atom stereocenters. The number of benzene rings is 1. The van der Waals surface area contributed by atoms with Crippen LogP contribution in [0.3, 0.4) is 0 Å². The van der Waals surface area contributed by atoms with E-state index >= 15 is 0 Å². The van der Waals surface area contributed by atoms with E-state index in [-0.39, 0.29) is 24.8 Å². The molecular weight excluding hydrogens is 367 g/mol. The number of nitrogens with zero attached hydrogens (tertiary/aromatic N) is 1. The molecule has 0 aliphatic rings. The van der Waals surface area contributed by atoms with Gasteiger partial charge in [-0.05, 0) is 58.0 Å². The lowest BCUT2D eigenvalue weighted by atomic mass is 10.1. The minimum Gasteiger partial charge on any atom is -0.494 e. The van der Waals surface area contributed by atoms with Gasteiger partial charge in [-0.25, -0.2) is 0 Å². The molecule has 3 nitrogen and oxygen atoms in total. The lowest BCUT2D eigenvalue weighted by Gasteiger charge is -2.16. The van der Waals surface area contributed by atoms with Crippen molar-refractivity contribution in [2.24, 2.45) is 0 Å². The first-order chi connectivity index (χ1) is 11.6. The first kappa shape index (κ1) is 27.7. The third-order valence-corrected chi connectivity index (χ3v) is 4.36. The first-order valence-corrected chi connectivity index (χ1v) is 9.71. The van der Waals surface area contributed by atoms with Crippen molar-refractivity contribution in [3.63, 3.8) is 0 Å². The maximum atomic E-state index is 5.83. The summed E-state index contributed by atoms with van der Waals surface area (Å²) in [5, 5.41) is 3.58. The van der Waals surface area contributed by atoms with Crippen LogP contribution in [0, 0.1) is 0 Å². The Morgan fingerprint density at radius 1 is 1.00 bits per heavy atom. The van der Waals surface area contributed by atoms with E-state index in [9.17, 15) is 0 Å². The molecule has 0 aliphatic heterocycles. The van der Waals surface area contributed by atoms with Crippen LogP contribution < -0.4 is 10.1 Å². The number of aryl methyl sites for hydroxylation is 1. The Balaban J connectivity index is 0. The summed E-state index contributed by atoms with van der Waals surface area (Å²) in [5.74, 6) is 1.01. The number of rotatable bonds is 14. The Hall–Kier alpha value is -0.480. The van der Waals surface area contributed by atoms with Crippen LogP contribution in [0.15, 0.2) is 24.3 Å². The van der Waals surface area contributed by atoms with Gasteiger partial charge in [-0.3, -0.25) is 0 Å². The van der Waals surface area contributed by atoms with Crippen LogP contribution in [-0.2, 0) is 6.42 Å². The van der Waals surface area contributed by atoms with Gasteiger partial charge >= 0.3 is 0 Å². The monoisotopic (exact) mass is 406 g/mol. The highest BCUT2D eigenvalue weighted by atomic mass is 35.5. The van der Waals surface area contributed by atoms with Crippen molar-refractivity contribution in [1.82, 2.24) is 10.2 Å². The molecule has 0 aliphatic carbocycles. The number of unbranched alkanes of at least 4 members (excludes halogenated alkanes) is 4. The normalized spacial score (nSPS) is 11.6. The zero-order chi connectivity index (χ0) is 17.6. The summed E-state index contributed by atoms with van der Waals surface area (Å²) in [6.45, 7) is 7.51. The van der Waals surface area contributed by atoms with Crippen LogP contribution in [-0.4, -0.2) is 44.7 Å². The lowest BCUT2D eigenvalue weighted by Crippen LogP contribution is -2.33. The van der Waals surface area contributed by atoms with E-state index in [4.69, 9.17) is 4.74 Å². The molecule has 1 N–H and O–H groups in total. The van der Waals surface area contributed by atoms with E-state index in [2.05, 4.69) is 62.4 Å². The third kappa shape index (κ3) is 14.7. The summed E-state index contributed by atoms with van der Waals surface area (Å²) in [6, 6.07) is 9.21. The molecule has 0 heterocycles. The molecule has 1 rings (SSSR count). The zero-order valence-electron chi connectivity index (χ0n) is 17.1. The first-order valence-electron chi connectivity index (χ1n) is 9.71. The number of hydrogen-bond donors (Lipinski definition) is 1. The van der Waals surface area contributed by atoms with Crippen LogP contribution in [0.1, 0.15) is 57.9 Å². The third-order valence-electron chi connectivity index (χ3n) is 4.36. The van der Waals surface area contributed by atoms with Crippen molar-refractivity contribution < 1.29 is 4.74 Å². The summed E-state index contributed by atoms with van der Waals surface area (Å²) < 4.78 is 5.83. The predicted octanol–water partition coefficient (Wildman–Crippen LogP) is 5.35. The minimum atomic E-state index is 0.